The van der Waals surface area contributed by atoms with Crippen molar-refractivity contribution < 1.29 is 0 Å². The van der Waals surface area contributed by atoms with Crippen LogP contribution in [0.2, 0.25) is 0 Å². The second-order valence-electron chi connectivity index (χ2n) is 5.87. The third kappa shape index (κ3) is 4.35. The molecule has 3 nitrogen and oxygen atoms in total. The zero-order valence-electron chi connectivity index (χ0n) is 11.9. The molecule has 0 spiro atoms. The number of pyridine rings is 1. The lowest BCUT2D eigenvalue weighted by atomic mass is 9.96. The molecular weight excluding hydrogens is 210 g/mol. The first kappa shape index (κ1) is 14.0. The fourth-order valence-electron chi connectivity index (χ4n) is 1.87. The first-order chi connectivity index (χ1) is 7.83. The van der Waals surface area contributed by atoms with Gasteiger partial charge in [0.25, 0.3) is 0 Å². The van der Waals surface area contributed by atoms with Gasteiger partial charge < -0.3 is 10.2 Å². The summed E-state index contributed by atoms with van der Waals surface area (Å²) in [6.07, 6.45) is 1.89. The Morgan fingerprint density at radius 2 is 2.06 bits per heavy atom. The third-order valence-corrected chi connectivity index (χ3v) is 2.81. The molecule has 0 aliphatic carbocycles. The SMILES string of the molecule is CNC(C)c1ccnc(N(C)CC(C)(C)C)c1. The smallest absolute Gasteiger partial charge is 0.128 e. The Bertz CT molecular complexity index is 355. The highest BCUT2D eigenvalue weighted by molar-refractivity contribution is 5.41. The average Bonchev–Trinajstić information content (AvgIpc) is 2.26. The maximum Gasteiger partial charge on any atom is 0.128 e. The minimum atomic E-state index is 0.279. The second kappa shape index (κ2) is 5.50. The Morgan fingerprint density at radius 1 is 1.41 bits per heavy atom. The molecule has 3 heteroatoms. The van der Waals surface area contributed by atoms with Crippen molar-refractivity contribution in [3.8, 4) is 0 Å². The predicted octanol–water partition coefficient (Wildman–Crippen LogP) is 2.84. The molecule has 0 bridgehead atoms. The summed E-state index contributed by atoms with van der Waals surface area (Å²) in [6, 6.07) is 4.59. The van der Waals surface area contributed by atoms with Crippen molar-refractivity contribution in [2.45, 2.75) is 33.7 Å². The van der Waals surface area contributed by atoms with Crippen LogP contribution in [0.1, 0.15) is 39.3 Å². The molecule has 0 radical (unpaired) electrons. The van der Waals surface area contributed by atoms with Crippen LogP contribution in [0.25, 0.3) is 0 Å². The van der Waals surface area contributed by atoms with Crippen LogP contribution in [0.5, 0.6) is 0 Å². The molecule has 1 unspecified atom stereocenters. The highest BCUT2D eigenvalue weighted by Gasteiger charge is 2.15. The quantitative estimate of drug-likeness (QED) is 0.870. The fraction of sp³-hybridized carbons (Fsp3) is 0.643. The lowest BCUT2D eigenvalue weighted by molar-refractivity contribution is 0.417. The second-order valence-corrected chi connectivity index (χ2v) is 5.87. The molecule has 0 saturated heterocycles. The minimum Gasteiger partial charge on any atom is -0.359 e. The van der Waals surface area contributed by atoms with E-state index in [1.807, 2.05) is 13.2 Å². The van der Waals surface area contributed by atoms with Gasteiger partial charge >= 0.3 is 0 Å². The largest absolute Gasteiger partial charge is 0.359 e. The highest BCUT2D eigenvalue weighted by Crippen LogP contribution is 2.21. The number of aromatic nitrogens is 1. The minimum absolute atomic E-state index is 0.279. The van der Waals surface area contributed by atoms with Gasteiger partial charge in [0.2, 0.25) is 0 Å². The summed E-state index contributed by atoms with van der Waals surface area (Å²) >= 11 is 0. The molecular formula is C14H25N3. The van der Waals surface area contributed by atoms with Gasteiger partial charge in [-0.1, -0.05) is 20.8 Å². The van der Waals surface area contributed by atoms with Gasteiger partial charge in [-0.05, 0) is 37.1 Å². The summed E-state index contributed by atoms with van der Waals surface area (Å²) in [4.78, 5) is 6.65. The van der Waals surface area contributed by atoms with Crippen LogP contribution in [0.4, 0.5) is 5.82 Å². The molecule has 0 aromatic carbocycles. The molecule has 1 aromatic rings. The van der Waals surface area contributed by atoms with Crippen LogP contribution in [0, 0.1) is 5.41 Å². The average molecular weight is 235 g/mol. The van der Waals surface area contributed by atoms with Crippen molar-refractivity contribution in [3.63, 3.8) is 0 Å². The molecule has 0 aliphatic rings. The van der Waals surface area contributed by atoms with Gasteiger partial charge in [-0.15, -0.1) is 0 Å². The maximum absolute atomic E-state index is 4.44. The Morgan fingerprint density at radius 3 is 2.59 bits per heavy atom. The maximum atomic E-state index is 4.44. The van der Waals surface area contributed by atoms with E-state index in [1.54, 1.807) is 0 Å². The first-order valence-corrected chi connectivity index (χ1v) is 6.18. The van der Waals surface area contributed by atoms with Crippen molar-refractivity contribution >= 4 is 5.82 Å². The van der Waals surface area contributed by atoms with Gasteiger partial charge in [0.05, 0.1) is 0 Å². The Kier molecular flexibility index (Phi) is 4.52. The molecule has 0 fully saturated rings. The molecule has 1 aromatic heterocycles. The van der Waals surface area contributed by atoms with Crippen LogP contribution in [0.3, 0.4) is 0 Å². The zero-order valence-corrected chi connectivity index (χ0v) is 11.9. The number of hydrogen-bond acceptors (Lipinski definition) is 3. The molecule has 0 saturated carbocycles. The molecule has 1 heterocycles. The fourth-order valence-corrected chi connectivity index (χ4v) is 1.87. The van der Waals surface area contributed by atoms with Gasteiger partial charge in [-0.2, -0.15) is 0 Å². The topological polar surface area (TPSA) is 28.2 Å². The Labute approximate surface area is 105 Å². The van der Waals surface area contributed by atoms with E-state index < -0.39 is 0 Å². The van der Waals surface area contributed by atoms with Crippen molar-refractivity contribution in [1.29, 1.82) is 0 Å². The molecule has 1 N–H and O–H groups in total. The van der Waals surface area contributed by atoms with E-state index in [0.29, 0.717) is 6.04 Å². The summed E-state index contributed by atoms with van der Waals surface area (Å²) in [5.74, 6) is 1.04. The number of hydrogen-bond donors (Lipinski definition) is 1. The van der Waals surface area contributed by atoms with Crippen LogP contribution in [-0.2, 0) is 0 Å². The van der Waals surface area contributed by atoms with E-state index in [-0.39, 0.29) is 5.41 Å². The van der Waals surface area contributed by atoms with Crippen molar-refractivity contribution in [2.75, 3.05) is 25.5 Å². The molecule has 0 amide bonds. The van der Waals surface area contributed by atoms with E-state index in [4.69, 9.17) is 0 Å². The highest BCUT2D eigenvalue weighted by atomic mass is 15.2. The van der Waals surface area contributed by atoms with Crippen LogP contribution in [0.15, 0.2) is 18.3 Å². The van der Waals surface area contributed by atoms with E-state index in [1.165, 1.54) is 5.56 Å². The lowest BCUT2D eigenvalue weighted by Gasteiger charge is -2.28. The van der Waals surface area contributed by atoms with Gasteiger partial charge in [0.15, 0.2) is 0 Å². The van der Waals surface area contributed by atoms with Crippen LogP contribution < -0.4 is 10.2 Å². The summed E-state index contributed by atoms with van der Waals surface area (Å²) in [5.41, 5.74) is 1.55. The number of rotatable bonds is 4. The Hall–Kier alpha value is -1.09. The zero-order chi connectivity index (χ0) is 13.1. The molecule has 1 rings (SSSR count). The normalized spacial score (nSPS) is 13.5. The number of anilines is 1. The Balaban J connectivity index is 2.84. The van der Waals surface area contributed by atoms with Gasteiger partial charge in [-0.25, -0.2) is 4.98 Å². The standard InChI is InChI=1S/C14H25N3/c1-11(15-5)12-7-8-16-13(9-12)17(6)10-14(2,3)4/h7-9,11,15H,10H2,1-6H3. The first-order valence-electron chi connectivity index (χ1n) is 6.18. The predicted molar refractivity (Wildman–Crippen MR) is 74.4 cm³/mol. The van der Waals surface area contributed by atoms with Crippen molar-refractivity contribution in [1.82, 2.24) is 10.3 Å². The molecule has 96 valence electrons. The lowest BCUT2D eigenvalue weighted by Crippen LogP contribution is -2.29. The summed E-state index contributed by atoms with van der Waals surface area (Å²) in [7, 11) is 4.07. The monoisotopic (exact) mass is 235 g/mol. The summed E-state index contributed by atoms with van der Waals surface area (Å²) < 4.78 is 0. The number of nitrogens with zero attached hydrogens (tertiary/aromatic N) is 2. The van der Waals surface area contributed by atoms with E-state index in [2.05, 4.69) is 62.1 Å². The van der Waals surface area contributed by atoms with Crippen LogP contribution >= 0.6 is 0 Å². The molecule has 17 heavy (non-hydrogen) atoms. The van der Waals surface area contributed by atoms with Gasteiger partial charge in [0.1, 0.15) is 5.82 Å². The summed E-state index contributed by atoms with van der Waals surface area (Å²) in [5, 5.41) is 3.25. The van der Waals surface area contributed by atoms with Crippen LogP contribution in [-0.4, -0.2) is 25.6 Å². The molecule has 1 atom stereocenters. The van der Waals surface area contributed by atoms with Crippen molar-refractivity contribution in [2.24, 2.45) is 5.41 Å². The summed E-state index contributed by atoms with van der Waals surface area (Å²) in [6.45, 7) is 9.87. The van der Waals surface area contributed by atoms with Crippen molar-refractivity contribution in [3.05, 3.63) is 23.9 Å². The van der Waals surface area contributed by atoms with E-state index in [9.17, 15) is 0 Å². The number of nitrogens with one attached hydrogen (secondary N) is 1. The van der Waals surface area contributed by atoms with E-state index >= 15 is 0 Å². The van der Waals surface area contributed by atoms with Gasteiger partial charge in [-0.3, -0.25) is 0 Å². The third-order valence-electron chi connectivity index (χ3n) is 2.81. The molecule has 0 aliphatic heterocycles. The van der Waals surface area contributed by atoms with Gasteiger partial charge in [0, 0.05) is 25.8 Å². The van der Waals surface area contributed by atoms with E-state index in [0.717, 1.165) is 12.4 Å².